The Morgan fingerprint density at radius 3 is 2.67 bits per heavy atom. The monoisotopic (exact) mass is 237 g/mol. The fourth-order valence-electron chi connectivity index (χ4n) is 1.37. The Balaban J connectivity index is 2.02. The minimum absolute atomic E-state index is 0.769. The van der Waals surface area contributed by atoms with Crippen molar-refractivity contribution in [1.29, 1.82) is 0 Å². The van der Waals surface area contributed by atoms with E-state index in [0.29, 0.717) is 0 Å². The molecule has 0 aliphatic carbocycles. The van der Waals surface area contributed by atoms with Gasteiger partial charge in [0.2, 0.25) is 0 Å². The lowest BCUT2D eigenvalue weighted by molar-refractivity contribution is 1.19. The fraction of sp³-hybridized carbons (Fsp3) is 0.167. The third-order valence-electron chi connectivity index (χ3n) is 2.12. The van der Waals surface area contributed by atoms with Gasteiger partial charge >= 0.3 is 0 Å². The molecule has 78 valence electrons. The molecule has 1 aromatic heterocycles. The van der Waals surface area contributed by atoms with Gasteiger partial charge < -0.3 is 5.32 Å². The third-order valence-corrected chi connectivity index (χ3v) is 3.45. The van der Waals surface area contributed by atoms with Crippen LogP contribution >= 0.6 is 22.9 Å². The Bertz CT molecular complexity index is 450. The number of halogens is 1. The average Bonchev–Trinajstić information content (AvgIpc) is 2.63. The molecule has 1 aromatic carbocycles. The maximum Gasteiger partial charge on any atom is 0.0637 e. The average molecular weight is 238 g/mol. The van der Waals surface area contributed by atoms with Crippen LogP contribution in [0.15, 0.2) is 36.4 Å². The summed E-state index contributed by atoms with van der Waals surface area (Å²) >= 11 is 7.84. The first-order chi connectivity index (χ1) is 7.25. The van der Waals surface area contributed by atoms with Crippen LogP contribution in [-0.4, -0.2) is 0 Å². The number of hydrogen-bond acceptors (Lipinski definition) is 2. The van der Waals surface area contributed by atoms with Crippen molar-refractivity contribution in [2.45, 2.75) is 13.5 Å². The van der Waals surface area contributed by atoms with E-state index in [1.165, 1.54) is 9.75 Å². The number of nitrogens with one attached hydrogen (secondary N) is 1. The molecular formula is C12H12ClNS. The Labute approximate surface area is 98.7 Å². The molecule has 0 unspecified atom stereocenters. The second-order valence-corrected chi connectivity index (χ2v) is 5.13. The standard InChI is InChI=1S/C12H12ClNS/c1-9-6-7-10(15-9)8-14-12-5-3-2-4-11(12)13/h2-7,14H,8H2,1H3. The number of anilines is 1. The molecule has 3 heteroatoms. The molecule has 1 nitrogen and oxygen atoms in total. The number of hydrogen-bond donors (Lipinski definition) is 1. The lowest BCUT2D eigenvalue weighted by Crippen LogP contribution is -1.97. The van der Waals surface area contributed by atoms with E-state index < -0.39 is 0 Å². The molecule has 0 fully saturated rings. The van der Waals surface area contributed by atoms with Crippen LogP contribution in [0, 0.1) is 6.92 Å². The van der Waals surface area contributed by atoms with E-state index in [-0.39, 0.29) is 0 Å². The highest BCUT2D eigenvalue weighted by molar-refractivity contribution is 7.11. The molecule has 0 radical (unpaired) electrons. The summed E-state index contributed by atoms with van der Waals surface area (Å²) in [4.78, 5) is 2.67. The van der Waals surface area contributed by atoms with Gasteiger partial charge in [0, 0.05) is 16.3 Å². The molecule has 15 heavy (non-hydrogen) atoms. The number of aryl methyl sites for hydroxylation is 1. The first-order valence-corrected chi connectivity index (χ1v) is 5.99. The lowest BCUT2D eigenvalue weighted by Gasteiger charge is -2.06. The lowest BCUT2D eigenvalue weighted by atomic mass is 10.3. The molecule has 1 N–H and O–H groups in total. The minimum atomic E-state index is 0.769. The number of thiophene rings is 1. The molecule has 0 aliphatic rings. The highest BCUT2D eigenvalue weighted by Gasteiger charge is 1.99. The van der Waals surface area contributed by atoms with Crippen LogP contribution in [0.25, 0.3) is 0 Å². The first-order valence-electron chi connectivity index (χ1n) is 4.79. The number of benzene rings is 1. The molecule has 1 heterocycles. The van der Waals surface area contributed by atoms with E-state index in [9.17, 15) is 0 Å². The predicted molar refractivity (Wildman–Crippen MR) is 67.8 cm³/mol. The minimum Gasteiger partial charge on any atom is -0.379 e. The van der Waals surface area contributed by atoms with E-state index in [4.69, 9.17) is 11.6 Å². The van der Waals surface area contributed by atoms with Crippen molar-refractivity contribution in [1.82, 2.24) is 0 Å². The fourth-order valence-corrected chi connectivity index (χ4v) is 2.40. The van der Waals surface area contributed by atoms with Crippen LogP contribution in [0.3, 0.4) is 0 Å². The molecule has 0 aliphatic heterocycles. The van der Waals surface area contributed by atoms with Gasteiger partial charge in [0.05, 0.1) is 10.7 Å². The summed E-state index contributed by atoms with van der Waals surface area (Å²) < 4.78 is 0. The van der Waals surface area contributed by atoms with Crippen LogP contribution in [0.4, 0.5) is 5.69 Å². The van der Waals surface area contributed by atoms with Gasteiger partial charge in [0.25, 0.3) is 0 Å². The van der Waals surface area contributed by atoms with Crippen molar-refractivity contribution < 1.29 is 0 Å². The molecule has 0 saturated heterocycles. The van der Waals surface area contributed by atoms with Crippen molar-refractivity contribution in [2.75, 3.05) is 5.32 Å². The molecule has 0 bridgehead atoms. The maximum absolute atomic E-state index is 6.04. The van der Waals surface area contributed by atoms with Gasteiger partial charge in [-0.3, -0.25) is 0 Å². The summed E-state index contributed by atoms with van der Waals surface area (Å²) in [6.45, 7) is 2.95. The zero-order valence-electron chi connectivity index (χ0n) is 8.46. The summed E-state index contributed by atoms with van der Waals surface area (Å²) in [7, 11) is 0. The summed E-state index contributed by atoms with van der Waals surface area (Å²) in [6, 6.07) is 12.1. The van der Waals surface area contributed by atoms with E-state index >= 15 is 0 Å². The van der Waals surface area contributed by atoms with Gasteiger partial charge in [-0.2, -0.15) is 0 Å². The van der Waals surface area contributed by atoms with Gasteiger partial charge in [-0.25, -0.2) is 0 Å². The summed E-state index contributed by atoms with van der Waals surface area (Å²) in [5, 5.41) is 4.09. The predicted octanol–water partition coefficient (Wildman–Crippen LogP) is 4.32. The molecule has 0 amide bonds. The molecule has 0 spiro atoms. The quantitative estimate of drug-likeness (QED) is 0.838. The number of rotatable bonds is 3. The maximum atomic E-state index is 6.04. The summed E-state index contributed by atoms with van der Waals surface area (Å²) in [5.41, 5.74) is 0.991. The van der Waals surface area contributed by atoms with Gasteiger partial charge in [0.1, 0.15) is 0 Å². The Morgan fingerprint density at radius 1 is 1.20 bits per heavy atom. The Kier molecular flexibility index (Phi) is 3.29. The molecule has 0 saturated carbocycles. The van der Waals surface area contributed by atoms with Gasteiger partial charge in [-0.1, -0.05) is 23.7 Å². The Morgan fingerprint density at radius 2 is 2.00 bits per heavy atom. The van der Waals surface area contributed by atoms with E-state index in [1.54, 1.807) is 0 Å². The van der Waals surface area contributed by atoms with E-state index in [1.807, 2.05) is 35.6 Å². The zero-order chi connectivity index (χ0) is 10.7. The second-order valence-electron chi connectivity index (χ2n) is 3.35. The summed E-state index contributed by atoms with van der Waals surface area (Å²) in [6.07, 6.45) is 0. The molecule has 2 rings (SSSR count). The van der Waals surface area contributed by atoms with Crippen LogP contribution < -0.4 is 5.32 Å². The van der Waals surface area contributed by atoms with Crippen LogP contribution in [0.1, 0.15) is 9.75 Å². The SMILES string of the molecule is Cc1ccc(CNc2ccccc2Cl)s1. The highest BCUT2D eigenvalue weighted by Crippen LogP contribution is 2.22. The second kappa shape index (κ2) is 4.69. The van der Waals surface area contributed by atoms with Crippen LogP contribution in [-0.2, 0) is 6.54 Å². The molecule has 2 aromatic rings. The first kappa shape index (κ1) is 10.5. The van der Waals surface area contributed by atoms with E-state index in [0.717, 1.165) is 17.3 Å². The topological polar surface area (TPSA) is 12.0 Å². The van der Waals surface area contributed by atoms with Crippen molar-refractivity contribution >= 4 is 28.6 Å². The van der Waals surface area contributed by atoms with Crippen molar-refractivity contribution in [3.63, 3.8) is 0 Å². The summed E-state index contributed by atoms with van der Waals surface area (Å²) in [5.74, 6) is 0. The van der Waals surface area contributed by atoms with Gasteiger partial charge in [0.15, 0.2) is 0 Å². The Hall–Kier alpha value is -0.990. The third kappa shape index (κ3) is 2.74. The van der Waals surface area contributed by atoms with Gasteiger partial charge in [-0.15, -0.1) is 11.3 Å². The van der Waals surface area contributed by atoms with Crippen LogP contribution in [0.2, 0.25) is 5.02 Å². The number of para-hydroxylation sites is 1. The van der Waals surface area contributed by atoms with Gasteiger partial charge in [-0.05, 0) is 31.2 Å². The zero-order valence-corrected chi connectivity index (χ0v) is 10.0. The van der Waals surface area contributed by atoms with E-state index in [2.05, 4.69) is 24.4 Å². The highest BCUT2D eigenvalue weighted by atomic mass is 35.5. The van der Waals surface area contributed by atoms with Crippen molar-refractivity contribution in [3.05, 3.63) is 51.2 Å². The normalized spacial score (nSPS) is 10.3. The largest absolute Gasteiger partial charge is 0.379 e. The molecule has 0 atom stereocenters. The molecular weight excluding hydrogens is 226 g/mol. The van der Waals surface area contributed by atoms with Crippen molar-refractivity contribution in [2.24, 2.45) is 0 Å². The smallest absolute Gasteiger partial charge is 0.0637 e. The van der Waals surface area contributed by atoms with Crippen molar-refractivity contribution in [3.8, 4) is 0 Å². The van der Waals surface area contributed by atoms with Crippen LogP contribution in [0.5, 0.6) is 0 Å².